The van der Waals surface area contributed by atoms with Gasteiger partial charge >= 0.3 is 0 Å². The van der Waals surface area contributed by atoms with Crippen LogP contribution in [0, 0.1) is 16.7 Å². The number of rotatable bonds is 4. The fourth-order valence-corrected chi connectivity index (χ4v) is 4.15. The van der Waals surface area contributed by atoms with Crippen molar-refractivity contribution in [1.29, 1.82) is 0 Å². The van der Waals surface area contributed by atoms with E-state index >= 15 is 0 Å². The van der Waals surface area contributed by atoms with Crippen LogP contribution in [0.4, 0.5) is 0 Å². The van der Waals surface area contributed by atoms with E-state index < -0.39 is 0 Å². The van der Waals surface area contributed by atoms with E-state index in [1.54, 1.807) is 0 Å². The van der Waals surface area contributed by atoms with Crippen LogP contribution in [0.3, 0.4) is 0 Å². The van der Waals surface area contributed by atoms with E-state index in [2.05, 4.69) is 26.2 Å². The molecule has 2 fully saturated rings. The molecule has 0 atom stereocenters. The second-order valence-corrected chi connectivity index (χ2v) is 5.98. The Kier molecular flexibility index (Phi) is 2.63. The second kappa shape index (κ2) is 3.52. The van der Waals surface area contributed by atoms with E-state index in [0.29, 0.717) is 10.8 Å². The quantitative estimate of drug-likeness (QED) is 0.679. The molecule has 2 rings (SSSR count). The average Bonchev–Trinajstić information content (AvgIpc) is 2.54. The largest absolute Gasteiger partial charge is 0.320 e. The van der Waals surface area contributed by atoms with E-state index in [0.717, 1.165) is 5.92 Å². The van der Waals surface area contributed by atoms with Crippen LogP contribution in [0.25, 0.3) is 0 Å². The van der Waals surface area contributed by atoms with Crippen molar-refractivity contribution in [3.05, 3.63) is 0 Å². The molecular formula is C13H25N. The van der Waals surface area contributed by atoms with E-state index in [4.69, 9.17) is 0 Å². The van der Waals surface area contributed by atoms with Gasteiger partial charge < -0.3 is 5.32 Å². The molecule has 0 radical (unpaired) electrons. The molecule has 2 saturated carbocycles. The minimum absolute atomic E-state index is 0.640. The van der Waals surface area contributed by atoms with E-state index in [1.165, 1.54) is 45.1 Å². The SMILES string of the molecule is CNCCCC12CCC(CC1)C2(C)C. The summed E-state index contributed by atoms with van der Waals surface area (Å²) in [5.74, 6) is 1.04. The molecule has 0 spiro atoms. The van der Waals surface area contributed by atoms with Gasteiger partial charge in [-0.1, -0.05) is 13.8 Å². The van der Waals surface area contributed by atoms with Gasteiger partial charge in [0, 0.05) is 0 Å². The van der Waals surface area contributed by atoms with Gasteiger partial charge in [0.1, 0.15) is 0 Å². The van der Waals surface area contributed by atoms with Gasteiger partial charge in [-0.2, -0.15) is 0 Å². The molecule has 2 bridgehead atoms. The van der Waals surface area contributed by atoms with Crippen molar-refractivity contribution in [3.8, 4) is 0 Å². The molecule has 0 saturated heterocycles. The molecule has 82 valence electrons. The van der Waals surface area contributed by atoms with Crippen LogP contribution in [0.5, 0.6) is 0 Å². The summed E-state index contributed by atoms with van der Waals surface area (Å²) in [6.07, 6.45) is 8.85. The van der Waals surface area contributed by atoms with Crippen molar-refractivity contribution in [2.24, 2.45) is 16.7 Å². The molecule has 0 amide bonds. The Morgan fingerprint density at radius 3 is 2.29 bits per heavy atom. The zero-order chi connectivity index (χ0) is 10.2. The molecule has 14 heavy (non-hydrogen) atoms. The van der Waals surface area contributed by atoms with Gasteiger partial charge in [0.15, 0.2) is 0 Å². The monoisotopic (exact) mass is 195 g/mol. The molecule has 1 nitrogen and oxygen atoms in total. The molecule has 2 aliphatic rings. The summed E-state index contributed by atoms with van der Waals surface area (Å²) in [6, 6.07) is 0. The fourth-order valence-electron chi connectivity index (χ4n) is 4.15. The zero-order valence-corrected chi connectivity index (χ0v) is 10.0. The van der Waals surface area contributed by atoms with Gasteiger partial charge in [-0.15, -0.1) is 0 Å². The van der Waals surface area contributed by atoms with E-state index in [1.807, 2.05) is 0 Å². The predicted octanol–water partition coefficient (Wildman–Crippen LogP) is 3.20. The van der Waals surface area contributed by atoms with Gasteiger partial charge in [-0.05, 0) is 68.9 Å². The van der Waals surface area contributed by atoms with Crippen molar-refractivity contribution in [2.75, 3.05) is 13.6 Å². The third-order valence-corrected chi connectivity index (χ3v) is 5.41. The van der Waals surface area contributed by atoms with Gasteiger partial charge in [-0.25, -0.2) is 0 Å². The molecule has 0 aromatic rings. The predicted molar refractivity (Wildman–Crippen MR) is 61.3 cm³/mol. The maximum Gasteiger partial charge on any atom is -0.00517 e. The zero-order valence-electron chi connectivity index (χ0n) is 10.0. The molecule has 0 unspecified atom stereocenters. The van der Waals surface area contributed by atoms with E-state index in [-0.39, 0.29) is 0 Å². The minimum atomic E-state index is 0.640. The van der Waals surface area contributed by atoms with Crippen LogP contribution in [0.15, 0.2) is 0 Å². The van der Waals surface area contributed by atoms with Gasteiger partial charge in [0.25, 0.3) is 0 Å². The Morgan fingerprint density at radius 2 is 1.86 bits per heavy atom. The molecule has 0 aromatic heterocycles. The highest BCUT2D eigenvalue weighted by Crippen LogP contribution is 2.67. The van der Waals surface area contributed by atoms with Crippen molar-refractivity contribution in [1.82, 2.24) is 5.32 Å². The van der Waals surface area contributed by atoms with Crippen molar-refractivity contribution < 1.29 is 0 Å². The van der Waals surface area contributed by atoms with Crippen molar-refractivity contribution in [2.45, 2.75) is 52.4 Å². The Morgan fingerprint density at radius 1 is 1.21 bits per heavy atom. The van der Waals surface area contributed by atoms with Crippen LogP contribution in [-0.4, -0.2) is 13.6 Å². The summed E-state index contributed by atoms with van der Waals surface area (Å²) in [5, 5.41) is 3.27. The normalized spacial score (nSPS) is 39.2. The molecule has 1 heteroatoms. The Bertz CT molecular complexity index is 199. The minimum Gasteiger partial charge on any atom is -0.320 e. The lowest BCUT2D eigenvalue weighted by Gasteiger charge is -2.38. The number of hydrogen-bond donors (Lipinski definition) is 1. The molecule has 1 N–H and O–H groups in total. The third-order valence-electron chi connectivity index (χ3n) is 5.41. The highest BCUT2D eigenvalue weighted by Gasteiger charge is 2.57. The maximum absolute atomic E-state index is 3.27. The summed E-state index contributed by atoms with van der Waals surface area (Å²) in [5.41, 5.74) is 1.36. The number of nitrogens with one attached hydrogen (secondary N) is 1. The first-order valence-electron chi connectivity index (χ1n) is 6.27. The second-order valence-electron chi connectivity index (χ2n) is 5.98. The number of hydrogen-bond acceptors (Lipinski definition) is 1. The summed E-state index contributed by atoms with van der Waals surface area (Å²) in [7, 11) is 2.06. The number of fused-ring (bicyclic) bond motifs is 2. The first kappa shape index (κ1) is 10.5. The lowest BCUT2D eigenvalue weighted by Crippen LogP contribution is -2.31. The maximum atomic E-state index is 3.27. The van der Waals surface area contributed by atoms with E-state index in [9.17, 15) is 0 Å². The molecule has 0 aromatic carbocycles. The highest BCUT2D eigenvalue weighted by molar-refractivity contribution is 5.07. The van der Waals surface area contributed by atoms with Crippen LogP contribution in [-0.2, 0) is 0 Å². The lowest BCUT2D eigenvalue weighted by atomic mass is 9.67. The molecule has 2 aliphatic carbocycles. The topological polar surface area (TPSA) is 12.0 Å². The van der Waals surface area contributed by atoms with Gasteiger partial charge in [-0.3, -0.25) is 0 Å². The Hall–Kier alpha value is -0.0400. The van der Waals surface area contributed by atoms with Crippen molar-refractivity contribution in [3.63, 3.8) is 0 Å². The first-order valence-corrected chi connectivity index (χ1v) is 6.27. The summed E-state index contributed by atoms with van der Waals surface area (Å²) in [4.78, 5) is 0. The van der Waals surface area contributed by atoms with Gasteiger partial charge in [0.2, 0.25) is 0 Å². The highest BCUT2D eigenvalue weighted by atomic mass is 14.8. The summed E-state index contributed by atoms with van der Waals surface area (Å²) >= 11 is 0. The van der Waals surface area contributed by atoms with Gasteiger partial charge in [0.05, 0.1) is 0 Å². The first-order chi connectivity index (χ1) is 6.62. The summed E-state index contributed by atoms with van der Waals surface area (Å²) < 4.78 is 0. The summed E-state index contributed by atoms with van der Waals surface area (Å²) in [6.45, 7) is 6.25. The Balaban J connectivity index is 2.00. The third kappa shape index (κ3) is 1.32. The van der Waals surface area contributed by atoms with Crippen LogP contribution < -0.4 is 5.32 Å². The molecule has 0 heterocycles. The lowest BCUT2D eigenvalue weighted by molar-refractivity contribution is 0.113. The Labute approximate surface area is 88.7 Å². The standard InChI is InChI=1S/C13H25N/c1-12(2)11-5-8-13(12,9-6-11)7-4-10-14-3/h11,14H,4-10H2,1-3H3. The fraction of sp³-hybridized carbons (Fsp3) is 1.00. The smallest absolute Gasteiger partial charge is 0.00517 e. The van der Waals surface area contributed by atoms with Crippen LogP contribution in [0.1, 0.15) is 52.4 Å². The molecule has 0 aliphatic heterocycles. The molecular weight excluding hydrogens is 170 g/mol. The average molecular weight is 195 g/mol. The van der Waals surface area contributed by atoms with Crippen LogP contribution >= 0.6 is 0 Å². The van der Waals surface area contributed by atoms with Crippen LogP contribution in [0.2, 0.25) is 0 Å². The van der Waals surface area contributed by atoms with Crippen molar-refractivity contribution >= 4 is 0 Å².